The van der Waals surface area contributed by atoms with Crippen LogP contribution in [0.1, 0.15) is 50.1 Å². The first-order valence-electron chi connectivity index (χ1n) is 25.6. The van der Waals surface area contributed by atoms with E-state index in [1.54, 1.807) is 0 Å². The monoisotopic (exact) mass is 952 g/mol. The Balaban J connectivity index is 1.40. The summed E-state index contributed by atoms with van der Waals surface area (Å²) in [7, 11) is 0. The smallest absolute Gasteiger partial charge is 0.165 e. The highest BCUT2D eigenvalue weighted by Crippen LogP contribution is 2.51. The standard InChI is InChI=1S/C68H52N6/c1-38-18-9-28-48-49-29-10-19-39(2)58(49)71(57(38)48)65-56(47-27-17-26-46(36-47)37-69)66(72-59-40(3)20-11-30-50(59)51-31-12-21-41(4)60(51)72)68(74-63-44(7)24-15-34-54(63)55-35-16-25-45(8)64(55)74)70-67(65)73-61-42(5)22-13-32-52(61)53-33-14-23-43(6)62(53)73/h9-36H,1-8H3. The molecule has 354 valence electrons. The molecule has 0 aliphatic heterocycles. The molecule has 6 nitrogen and oxygen atoms in total. The number of aryl methyl sites for hydroxylation is 8. The molecule has 0 amide bonds. The van der Waals surface area contributed by atoms with Crippen molar-refractivity contribution in [1.29, 1.82) is 5.26 Å². The number of rotatable bonds is 5. The third-order valence-electron chi connectivity index (χ3n) is 16.1. The van der Waals surface area contributed by atoms with Crippen LogP contribution in [0.5, 0.6) is 0 Å². The number of hydrogen-bond donors (Lipinski definition) is 0. The summed E-state index contributed by atoms with van der Waals surface area (Å²) >= 11 is 0. The summed E-state index contributed by atoms with van der Waals surface area (Å²) in [5, 5.41) is 20.3. The molecule has 0 aliphatic rings. The lowest BCUT2D eigenvalue weighted by Crippen LogP contribution is -2.17. The first-order valence-corrected chi connectivity index (χ1v) is 25.6. The molecule has 0 saturated heterocycles. The first kappa shape index (κ1) is 43.6. The van der Waals surface area contributed by atoms with E-state index in [0.717, 1.165) is 123 Å². The van der Waals surface area contributed by atoms with E-state index in [4.69, 9.17) is 4.98 Å². The van der Waals surface area contributed by atoms with E-state index in [9.17, 15) is 5.26 Å². The molecule has 0 saturated carbocycles. The summed E-state index contributed by atoms with van der Waals surface area (Å²) in [6.07, 6.45) is 0. The van der Waals surface area contributed by atoms with Crippen molar-refractivity contribution in [2.24, 2.45) is 0 Å². The SMILES string of the molecule is Cc1cccc2c3cccc(C)c3n(-c3nc(-n4c5c(C)cccc5c5cccc(C)c54)c(-n4c5c(C)cccc5c5cccc(C)c54)c(-c4cccc(C#N)c4)c3-n3c4c(C)cccc4c4cccc(C)c43)c12. The Morgan fingerprint density at radius 1 is 0.311 bits per heavy atom. The van der Waals surface area contributed by atoms with Gasteiger partial charge >= 0.3 is 0 Å². The van der Waals surface area contributed by atoms with Gasteiger partial charge in [-0.1, -0.05) is 158 Å². The van der Waals surface area contributed by atoms with Crippen LogP contribution in [0, 0.1) is 66.7 Å². The lowest BCUT2D eigenvalue weighted by molar-refractivity contribution is 0.953. The molecule has 0 spiro atoms. The average molecular weight is 953 g/mol. The number of pyridine rings is 1. The number of nitriles is 1. The zero-order valence-electron chi connectivity index (χ0n) is 42.8. The molecule has 74 heavy (non-hydrogen) atoms. The fourth-order valence-corrected chi connectivity index (χ4v) is 13.0. The third-order valence-corrected chi connectivity index (χ3v) is 16.1. The van der Waals surface area contributed by atoms with E-state index in [1.165, 1.54) is 43.1 Å². The molecule has 0 aliphatic carbocycles. The van der Waals surface area contributed by atoms with Crippen molar-refractivity contribution >= 4 is 87.2 Å². The fraction of sp³-hybridized carbons (Fsp3) is 0.118. The van der Waals surface area contributed by atoms with E-state index in [0.29, 0.717) is 5.56 Å². The Labute approximate surface area is 429 Å². The number of aromatic nitrogens is 5. The quantitative estimate of drug-likeness (QED) is 0.173. The van der Waals surface area contributed by atoms with Crippen LogP contribution < -0.4 is 0 Å². The Morgan fingerprint density at radius 3 is 0.811 bits per heavy atom. The molecule has 0 fully saturated rings. The predicted octanol–water partition coefficient (Wildman–Crippen LogP) is 17.5. The highest BCUT2D eigenvalue weighted by Gasteiger charge is 2.34. The van der Waals surface area contributed by atoms with Gasteiger partial charge < -0.3 is 9.13 Å². The van der Waals surface area contributed by atoms with Gasteiger partial charge in [-0.3, -0.25) is 9.13 Å². The van der Waals surface area contributed by atoms with E-state index >= 15 is 0 Å². The lowest BCUT2D eigenvalue weighted by atomic mass is 9.98. The molecule has 0 bridgehead atoms. The average Bonchev–Trinajstić information content (AvgIpc) is 4.21. The highest BCUT2D eigenvalue weighted by molar-refractivity contribution is 6.17. The van der Waals surface area contributed by atoms with Crippen molar-refractivity contribution in [2.75, 3.05) is 0 Å². The summed E-state index contributed by atoms with van der Waals surface area (Å²) in [6, 6.07) is 64.4. The Morgan fingerprint density at radius 2 is 0.554 bits per heavy atom. The number of fused-ring (bicyclic) bond motifs is 12. The zero-order chi connectivity index (χ0) is 50.4. The topological polar surface area (TPSA) is 56.4 Å². The van der Waals surface area contributed by atoms with Crippen LogP contribution in [0.25, 0.3) is 121 Å². The second kappa shape index (κ2) is 15.9. The van der Waals surface area contributed by atoms with Crippen LogP contribution in [0.15, 0.2) is 170 Å². The maximum Gasteiger partial charge on any atom is 0.165 e. The molecule has 6 heteroatoms. The molecule has 5 aromatic heterocycles. The summed E-state index contributed by atoms with van der Waals surface area (Å²) in [4.78, 5) is 6.53. The van der Waals surface area contributed by atoms with E-state index in [2.05, 4.69) is 244 Å². The number of hydrogen-bond acceptors (Lipinski definition) is 2. The normalized spacial score (nSPS) is 12.0. The van der Waals surface area contributed by atoms with Crippen molar-refractivity contribution in [3.05, 3.63) is 220 Å². The van der Waals surface area contributed by atoms with Gasteiger partial charge in [0.1, 0.15) is 11.4 Å². The van der Waals surface area contributed by atoms with Crippen LogP contribution in [-0.4, -0.2) is 23.3 Å². The van der Waals surface area contributed by atoms with Crippen LogP contribution in [-0.2, 0) is 0 Å². The van der Waals surface area contributed by atoms with Gasteiger partial charge in [0.05, 0.1) is 55.8 Å². The fourth-order valence-electron chi connectivity index (χ4n) is 13.0. The molecule has 0 N–H and O–H groups in total. The number of para-hydroxylation sites is 8. The lowest BCUT2D eigenvalue weighted by Gasteiger charge is -2.28. The van der Waals surface area contributed by atoms with Crippen molar-refractivity contribution in [3.8, 4) is 40.2 Å². The molecule has 0 atom stereocenters. The molecule has 0 unspecified atom stereocenters. The molecule has 14 rings (SSSR count). The van der Waals surface area contributed by atoms with E-state index in [1.807, 2.05) is 6.07 Å². The van der Waals surface area contributed by atoms with Gasteiger partial charge in [-0.05, 0) is 118 Å². The van der Waals surface area contributed by atoms with Crippen molar-refractivity contribution < 1.29 is 0 Å². The Kier molecular flexibility index (Phi) is 9.37. The largest absolute Gasteiger partial charge is 0.305 e. The molecule has 5 heterocycles. The molecular formula is C68H52N6. The molecule has 9 aromatic carbocycles. The summed E-state index contributed by atoms with van der Waals surface area (Å²) in [6.45, 7) is 17.9. The minimum absolute atomic E-state index is 0.579. The molecular weight excluding hydrogens is 901 g/mol. The second-order valence-electron chi connectivity index (χ2n) is 20.6. The maximum atomic E-state index is 11.0. The van der Waals surface area contributed by atoms with Gasteiger partial charge in [-0.2, -0.15) is 5.26 Å². The second-order valence-corrected chi connectivity index (χ2v) is 20.6. The predicted molar refractivity (Wildman–Crippen MR) is 310 cm³/mol. The molecule has 14 aromatic rings. The third kappa shape index (κ3) is 5.84. The van der Waals surface area contributed by atoms with E-state index < -0.39 is 0 Å². The van der Waals surface area contributed by atoms with Crippen LogP contribution >= 0.6 is 0 Å². The summed E-state index contributed by atoms with van der Waals surface area (Å²) in [5.41, 5.74) is 22.4. The molecule has 0 radical (unpaired) electrons. The van der Waals surface area contributed by atoms with Gasteiger partial charge in [0.2, 0.25) is 0 Å². The zero-order valence-corrected chi connectivity index (χ0v) is 42.8. The van der Waals surface area contributed by atoms with E-state index in [-0.39, 0.29) is 0 Å². The van der Waals surface area contributed by atoms with Crippen molar-refractivity contribution in [3.63, 3.8) is 0 Å². The Bertz CT molecular complexity index is 4320. The number of benzene rings is 9. The van der Waals surface area contributed by atoms with Gasteiger partial charge in [-0.15, -0.1) is 0 Å². The van der Waals surface area contributed by atoms with Gasteiger partial charge in [0.25, 0.3) is 0 Å². The van der Waals surface area contributed by atoms with Crippen molar-refractivity contribution in [1.82, 2.24) is 23.3 Å². The highest BCUT2D eigenvalue weighted by atomic mass is 15.2. The van der Waals surface area contributed by atoms with Crippen molar-refractivity contribution in [2.45, 2.75) is 55.4 Å². The Hall–Kier alpha value is -9.18. The van der Waals surface area contributed by atoms with Gasteiger partial charge in [0, 0.05) is 48.7 Å². The number of nitrogens with zero attached hydrogens (tertiary/aromatic N) is 6. The van der Waals surface area contributed by atoms with Crippen LogP contribution in [0.2, 0.25) is 0 Å². The summed E-state index contributed by atoms with van der Waals surface area (Å²) < 4.78 is 10.1. The first-order chi connectivity index (χ1) is 36.0. The maximum absolute atomic E-state index is 11.0. The minimum Gasteiger partial charge on any atom is -0.305 e. The van der Waals surface area contributed by atoms with Gasteiger partial charge in [-0.25, -0.2) is 4.98 Å². The van der Waals surface area contributed by atoms with Crippen LogP contribution in [0.4, 0.5) is 0 Å². The summed E-state index contributed by atoms with van der Waals surface area (Å²) in [5.74, 6) is 1.59. The van der Waals surface area contributed by atoms with Crippen LogP contribution in [0.3, 0.4) is 0 Å². The minimum atomic E-state index is 0.579. The van der Waals surface area contributed by atoms with Gasteiger partial charge in [0.15, 0.2) is 11.6 Å².